The number of hydrogen-bond donors (Lipinski definition) is 2. The molecule has 7 heteroatoms. The molecule has 0 atom stereocenters. The van der Waals surface area contributed by atoms with Crippen molar-refractivity contribution < 1.29 is 23.9 Å². The number of nitrogens with one attached hydrogen (secondary N) is 2. The Hall–Kier alpha value is -3.35. The lowest BCUT2D eigenvalue weighted by atomic mass is 10.1. The smallest absolute Gasteiger partial charge is 0.337 e. The first-order valence-corrected chi connectivity index (χ1v) is 8.34. The summed E-state index contributed by atoms with van der Waals surface area (Å²) in [5.41, 5.74) is 3.16. The highest BCUT2D eigenvalue weighted by atomic mass is 16.5. The molecule has 2 N–H and O–H groups in total. The van der Waals surface area contributed by atoms with Crippen LogP contribution in [0.3, 0.4) is 0 Å². The van der Waals surface area contributed by atoms with E-state index in [1.54, 1.807) is 12.1 Å². The van der Waals surface area contributed by atoms with Crippen molar-refractivity contribution in [1.82, 2.24) is 5.32 Å². The number of esters is 1. The second-order valence-electron chi connectivity index (χ2n) is 5.88. The van der Waals surface area contributed by atoms with Crippen LogP contribution in [0.5, 0.6) is 5.75 Å². The van der Waals surface area contributed by atoms with E-state index in [1.165, 1.54) is 19.2 Å². The molecule has 0 aliphatic carbocycles. The molecule has 2 aromatic carbocycles. The molecule has 0 unspecified atom stereocenters. The molecule has 0 bridgehead atoms. The number of hydrogen-bond acceptors (Lipinski definition) is 5. The van der Waals surface area contributed by atoms with Crippen molar-refractivity contribution in [3.8, 4) is 5.75 Å². The van der Waals surface area contributed by atoms with E-state index in [0.717, 1.165) is 16.8 Å². The van der Waals surface area contributed by atoms with E-state index < -0.39 is 11.9 Å². The van der Waals surface area contributed by atoms with E-state index >= 15 is 0 Å². The van der Waals surface area contributed by atoms with Crippen molar-refractivity contribution in [1.29, 1.82) is 0 Å². The maximum Gasteiger partial charge on any atom is 0.337 e. The third kappa shape index (κ3) is 5.85. The van der Waals surface area contributed by atoms with E-state index in [2.05, 4.69) is 15.4 Å². The molecule has 0 heterocycles. The van der Waals surface area contributed by atoms with Crippen molar-refractivity contribution in [2.24, 2.45) is 0 Å². The van der Waals surface area contributed by atoms with E-state index in [4.69, 9.17) is 4.74 Å². The number of aryl methyl sites for hydroxylation is 1. The standard InChI is InChI=1S/C20H22N2O5/c1-13-5-4-6-17(14(13)2)22-18(23)11-21-19(24)12-27-16-9-7-15(8-10-16)20(25)26-3/h4-10H,11-12H2,1-3H3,(H,21,24)(H,22,23). The second kappa shape index (κ2) is 9.38. The molecule has 0 saturated heterocycles. The minimum Gasteiger partial charge on any atom is -0.484 e. The summed E-state index contributed by atoms with van der Waals surface area (Å²) >= 11 is 0. The highest BCUT2D eigenvalue weighted by Gasteiger charge is 2.09. The Kier molecular flexibility index (Phi) is 6.93. The molecule has 2 rings (SSSR count). The zero-order valence-corrected chi connectivity index (χ0v) is 15.5. The van der Waals surface area contributed by atoms with Gasteiger partial charge in [0, 0.05) is 5.69 Å². The van der Waals surface area contributed by atoms with Gasteiger partial charge in [0.05, 0.1) is 19.2 Å². The number of ether oxygens (including phenoxy) is 2. The summed E-state index contributed by atoms with van der Waals surface area (Å²) in [7, 11) is 1.30. The molecule has 0 spiro atoms. The average molecular weight is 370 g/mol. The largest absolute Gasteiger partial charge is 0.484 e. The van der Waals surface area contributed by atoms with Gasteiger partial charge in [-0.25, -0.2) is 4.79 Å². The number of anilines is 1. The first kappa shape index (κ1) is 20.0. The summed E-state index contributed by atoms with van der Waals surface area (Å²) in [6.45, 7) is 3.48. The molecule has 0 aromatic heterocycles. The maximum absolute atomic E-state index is 12.0. The Bertz CT molecular complexity index is 831. The van der Waals surface area contributed by atoms with Gasteiger partial charge in [-0.05, 0) is 55.3 Å². The Balaban J connectivity index is 1.76. The van der Waals surface area contributed by atoms with Gasteiger partial charge in [0.1, 0.15) is 5.75 Å². The number of carbonyl (C=O) groups excluding carboxylic acids is 3. The Morgan fingerprint density at radius 1 is 0.963 bits per heavy atom. The van der Waals surface area contributed by atoms with Crippen LogP contribution in [0, 0.1) is 13.8 Å². The molecule has 7 nitrogen and oxygen atoms in total. The fourth-order valence-corrected chi connectivity index (χ4v) is 2.26. The van der Waals surface area contributed by atoms with Crippen LogP contribution in [0.15, 0.2) is 42.5 Å². The third-order valence-electron chi connectivity index (χ3n) is 3.97. The zero-order chi connectivity index (χ0) is 19.8. The molecular weight excluding hydrogens is 348 g/mol. The fourth-order valence-electron chi connectivity index (χ4n) is 2.26. The minimum atomic E-state index is -0.450. The van der Waals surface area contributed by atoms with Crippen molar-refractivity contribution in [3.05, 3.63) is 59.2 Å². The number of benzene rings is 2. The van der Waals surface area contributed by atoms with Crippen LogP contribution in [-0.4, -0.2) is 38.0 Å². The Labute approximate surface area is 157 Å². The normalized spacial score (nSPS) is 10.0. The van der Waals surface area contributed by atoms with Crippen molar-refractivity contribution >= 4 is 23.5 Å². The summed E-state index contributed by atoms with van der Waals surface area (Å²) in [4.78, 5) is 35.1. The quantitative estimate of drug-likeness (QED) is 0.729. The van der Waals surface area contributed by atoms with Crippen LogP contribution in [0.25, 0.3) is 0 Å². The number of rotatable bonds is 7. The first-order valence-electron chi connectivity index (χ1n) is 8.34. The third-order valence-corrected chi connectivity index (χ3v) is 3.97. The monoisotopic (exact) mass is 370 g/mol. The summed E-state index contributed by atoms with van der Waals surface area (Å²) in [6.07, 6.45) is 0. The number of amides is 2. The van der Waals surface area contributed by atoms with E-state index in [0.29, 0.717) is 11.3 Å². The summed E-state index contributed by atoms with van der Waals surface area (Å²) in [6, 6.07) is 11.8. The van der Waals surface area contributed by atoms with Crippen molar-refractivity contribution in [2.75, 3.05) is 25.6 Å². The van der Waals surface area contributed by atoms with Gasteiger partial charge in [0.25, 0.3) is 5.91 Å². The van der Waals surface area contributed by atoms with Crippen LogP contribution in [-0.2, 0) is 14.3 Å². The van der Waals surface area contributed by atoms with E-state index in [1.807, 2.05) is 32.0 Å². The van der Waals surface area contributed by atoms with E-state index in [-0.39, 0.29) is 19.1 Å². The fraction of sp³-hybridized carbons (Fsp3) is 0.250. The van der Waals surface area contributed by atoms with Gasteiger partial charge in [-0.3, -0.25) is 9.59 Å². The number of carbonyl (C=O) groups is 3. The van der Waals surface area contributed by atoms with Crippen LogP contribution >= 0.6 is 0 Å². The first-order chi connectivity index (χ1) is 12.9. The Morgan fingerprint density at radius 3 is 2.33 bits per heavy atom. The highest BCUT2D eigenvalue weighted by molar-refractivity contribution is 5.95. The molecule has 0 saturated carbocycles. The SMILES string of the molecule is COC(=O)c1ccc(OCC(=O)NCC(=O)Nc2cccc(C)c2C)cc1. The van der Waals surface area contributed by atoms with Crippen LogP contribution in [0.4, 0.5) is 5.69 Å². The van der Waals surface area contributed by atoms with Crippen LogP contribution in [0.1, 0.15) is 21.5 Å². The average Bonchev–Trinajstić information content (AvgIpc) is 2.68. The summed E-state index contributed by atoms with van der Waals surface area (Å²) in [5, 5.41) is 5.26. The molecule has 27 heavy (non-hydrogen) atoms. The lowest BCUT2D eigenvalue weighted by molar-refractivity contribution is -0.125. The zero-order valence-electron chi connectivity index (χ0n) is 15.5. The molecule has 0 fully saturated rings. The lowest BCUT2D eigenvalue weighted by Crippen LogP contribution is -2.35. The van der Waals surface area contributed by atoms with Gasteiger partial charge in [0.15, 0.2) is 6.61 Å². The predicted octanol–water partition coefficient (Wildman–Crippen LogP) is 2.22. The van der Waals surface area contributed by atoms with Crippen LogP contribution in [0.2, 0.25) is 0 Å². The molecule has 0 radical (unpaired) electrons. The Morgan fingerprint density at radius 2 is 1.67 bits per heavy atom. The maximum atomic E-state index is 12.0. The van der Waals surface area contributed by atoms with Gasteiger partial charge in [-0.1, -0.05) is 12.1 Å². The highest BCUT2D eigenvalue weighted by Crippen LogP contribution is 2.17. The van der Waals surface area contributed by atoms with Gasteiger partial charge >= 0.3 is 5.97 Å². The van der Waals surface area contributed by atoms with Gasteiger partial charge < -0.3 is 20.1 Å². The predicted molar refractivity (Wildman–Crippen MR) is 101 cm³/mol. The van der Waals surface area contributed by atoms with Crippen molar-refractivity contribution in [3.63, 3.8) is 0 Å². The molecule has 2 amide bonds. The minimum absolute atomic E-state index is 0.156. The molecule has 142 valence electrons. The molecule has 0 aliphatic heterocycles. The van der Waals surface area contributed by atoms with Gasteiger partial charge in [-0.2, -0.15) is 0 Å². The molecule has 2 aromatic rings. The van der Waals surface area contributed by atoms with Crippen molar-refractivity contribution in [2.45, 2.75) is 13.8 Å². The summed E-state index contributed by atoms with van der Waals surface area (Å²) in [5.74, 6) is -0.769. The molecule has 0 aliphatic rings. The molecular formula is C20H22N2O5. The van der Waals surface area contributed by atoms with E-state index in [9.17, 15) is 14.4 Å². The number of methoxy groups -OCH3 is 1. The van der Waals surface area contributed by atoms with Crippen LogP contribution < -0.4 is 15.4 Å². The lowest BCUT2D eigenvalue weighted by Gasteiger charge is -2.11. The topological polar surface area (TPSA) is 93.7 Å². The summed E-state index contributed by atoms with van der Waals surface area (Å²) < 4.78 is 9.93. The van der Waals surface area contributed by atoms with Gasteiger partial charge in [-0.15, -0.1) is 0 Å². The second-order valence-corrected chi connectivity index (χ2v) is 5.88. The van der Waals surface area contributed by atoms with Gasteiger partial charge in [0.2, 0.25) is 5.91 Å².